The monoisotopic (exact) mass is 947 g/mol. The van der Waals surface area contributed by atoms with E-state index in [1.54, 1.807) is 7.11 Å². The first-order valence-electron chi connectivity index (χ1n) is 20.9. The molecule has 57 heavy (non-hydrogen) atoms. The maximum Gasteiger partial charge on any atom is 0.186 e. The van der Waals surface area contributed by atoms with Gasteiger partial charge in [0.25, 0.3) is 0 Å². The van der Waals surface area contributed by atoms with E-state index in [0.29, 0.717) is 18.9 Å². The fourth-order valence-electron chi connectivity index (χ4n) is 5.86. The number of hydrogen-bond acceptors (Lipinski definition) is 12. The molecule has 0 aliphatic carbocycles. The zero-order valence-electron chi connectivity index (χ0n) is 41.2. The molecular weight excluding hydrogens is 859 g/mol. The molecule has 1 heterocycles. The zero-order valence-corrected chi connectivity index (χ0v) is 49.2. The van der Waals surface area contributed by atoms with Crippen LogP contribution in [0.15, 0.2) is 5.16 Å². The van der Waals surface area contributed by atoms with Crippen molar-refractivity contribution in [2.24, 2.45) is 5.16 Å². The maximum atomic E-state index is 7.49. The van der Waals surface area contributed by atoms with Crippen LogP contribution in [0, 0.1) is 0 Å². The highest BCUT2D eigenvalue weighted by molar-refractivity contribution is 6.72. The summed E-state index contributed by atoms with van der Waals surface area (Å²) in [5, 5.41) is 4.66. The number of oxime groups is 1. The Hall–Kier alpha value is 0.805. The smallest absolute Gasteiger partial charge is 0.186 e. The van der Waals surface area contributed by atoms with Crippen LogP contribution in [0.5, 0.6) is 0 Å². The van der Waals surface area contributed by atoms with Crippen LogP contribution in [0.1, 0.15) is 0 Å². The fraction of sp³-hybridized carbons (Fsp3) is 0.973. The van der Waals surface area contributed by atoms with Crippen molar-refractivity contribution in [3.8, 4) is 0 Å². The lowest BCUT2D eigenvalue weighted by Crippen LogP contribution is -2.67. The third kappa shape index (κ3) is 24.9. The summed E-state index contributed by atoms with van der Waals surface area (Å²) in [7, 11) is -15.6. The van der Waals surface area contributed by atoms with Gasteiger partial charge in [-0.1, -0.05) is 5.16 Å². The van der Waals surface area contributed by atoms with Gasteiger partial charge in [0.05, 0.1) is 25.9 Å². The lowest BCUT2D eigenvalue weighted by atomic mass is 9.98. The van der Waals surface area contributed by atoms with E-state index < -0.39 is 116 Å². The predicted molar refractivity (Wildman–Crippen MR) is 257 cm³/mol. The van der Waals surface area contributed by atoms with Gasteiger partial charge in [0, 0.05) is 0 Å². The van der Waals surface area contributed by atoms with Crippen LogP contribution < -0.4 is 0 Å². The SMILES string of the molecule is CON=C(CO[Si](C)(C)C)C(OC1OC(CO[Si](C)(C)C)C(O[Si](C)(C)C)C(O[Si](C)(C)C)C1O[Si](C)(C)C)C(O[Si](C)(C)C)C(CO[Si](C)(C)C)O[Si](C)(C)C. The number of hydrogen-bond donors (Lipinski definition) is 0. The Morgan fingerprint density at radius 3 is 1.35 bits per heavy atom. The molecule has 0 aromatic rings. The van der Waals surface area contributed by atoms with Gasteiger partial charge in [0.15, 0.2) is 72.8 Å². The molecule has 1 aliphatic rings. The standard InChI is InChI=1S/C37H89NO11Si8/c1-39-38-29(26-40-50(2,3)4)32(34(47-55(17,18)19)31(45-53(11,12)13)28-42-52(8,9)10)44-37-36(49-57(23,24)25)35(48-56(20,21)22)33(46-54(14,15)16)30(43-37)27-41-51(5,6)7/h30-37H,26-28H2,1-25H3. The molecule has 1 rings (SSSR count). The molecule has 1 fully saturated rings. The number of rotatable bonds is 25. The van der Waals surface area contributed by atoms with Crippen LogP contribution in [-0.4, -0.2) is 148 Å². The van der Waals surface area contributed by atoms with Crippen molar-refractivity contribution < 1.29 is 49.7 Å². The molecule has 0 spiro atoms. The minimum atomic E-state index is -2.31. The van der Waals surface area contributed by atoms with Gasteiger partial charge >= 0.3 is 0 Å². The van der Waals surface area contributed by atoms with E-state index in [1.165, 1.54) is 0 Å². The minimum Gasteiger partial charge on any atom is -0.415 e. The average molecular weight is 949 g/mol. The first kappa shape index (κ1) is 55.8. The van der Waals surface area contributed by atoms with E-state index in [9.17, 15) is 0 Å². The molecule has 0 amide bonds. The van der Waals surface area contributed by atoms with Crippen LogP contribution in [0.3, 0.4) is 0 Å². The molecule has 0 radical (unpaired) electrons. The summed E-state index contributed by atoms with van der Waals surface area (Å²) in [6.45, 7) is 53.4. The lowest BCUT2D eigenvalue weighted by Gasteiger charge is -2.52. The minimum absolute atomic E-state index is 0.180. The zero-order chi connectivity index (χ0) is 44.8. The van der Waals surface area contributed by atoms with Gasteiger partial charge in [-0.15, -0.1) is 0 Å². The van der Waals surface area contributed by atoms with Crippen LogP contribution in [0.4, 0.5) is 0 Å². The Morgan fingerprint density at radius 1 is 0.509 bits per heavy atom. The van der Waals surface area contributed by atoms with E-state index in [1.807, 2.05) is 0 Å². The van der Waals surface area contributed by atoms with Crippen molar-refractivity contribution in [1.82, 2.24) is 0 Å². The number of ether oxygens (including phenoxy) is 2. The topological polar surface area (TPSA) is 114 Å². The summed E-state index contributed by atoms with van der Waals surface area (Å²) in [6.07, 6.45) is -4.98. The van der Waals surface area contributed by atoms with Gasteiger partial charge in [-0.2, -0.15) is 0 Å². The third-order valence-corrected chi connectivity index (χ3v) is 15.6. The summed E-state index contributed by atoms with van der Waals surface area (Å²) >= 11 is 0. The summed E-state index contributed by atoms with van der Waals surface area (Å²) < 4.78 is 70.3. The summed E-state index contributed by atoms with van der Waals surface area (Å²) in [6, 6.07) is 0. The Balaban J connectivity index is 4.34. The van der Waals surface area contributed by atoms with Gasteiger partial charge in [-0.3, -0.25) is 0 Å². The highest BCUT2D eigenvalue weighted by atomic mass is 28.4. The molecule has 20 heteroatoms. The highest BCUT2D eigenvalue weighted by Crippen LogP contribution is 2.36. The quantitative estimate of drug-likeness (QED) is 0.0495. The molecular formula is C37H89NO11Si8. The normalized spacial score (nSPS) is 24.4. The maximum absolute atomic E-state index is 7.49. The van der Waals surface area contributed by atoms with Crippen molar-refractivity contribution in [3.05, 3.63) is 0 Å². The van der Waals surface area contributed by atoms with Gasteiger partial charge in [0.1, 0.15) is 49.4 Å². The van der Waals surface area contributed by atoms with Gasteiger partial charge in [0.2, 0.25) is 0 Å². The molecule has 0 N–H and O–H groups in total. The first-order chi connectivity index (χ1) is 25.2. The highest BCUT2D eigenvalue weighted by Gasteiger charge is 2.54. The molecule has 0 bridgehead atoms. The molecule has 0 aromatic heterocycles. The second kappa shape index (κ2) is 21.5. The van der Waals surface area contributed by atoms with Crippen molar-refractivity contribution in [2.75, 3.05) is 26.9 Å². The van der Waals surface area contributed by atoms with Crippen molar-refractivity contribution >= 4 is 72.3 Å². The average Bonchev–Trinajstić information content (AvgIpc) is 2.92. The van der Waals surface area contributed by atoms with Crippen molar-refractivity contribution in [1.29, 1.82) is 0 Å². The van der Waals surface area contributed by atoms with E-state index in [4.69, 9.17) is 49.7 Å². The summed E-state index contributed by atoms with van der Waals surface area (Å²) in [4.78, 5) is 5.61. The molecule has 1 aliphatic heterocycles. The Morgan fingerprint density at radius 2 is 0.947 bits per heavy atom. The van der Waals surface area contributed by atoms with E-state index in [2.05, 4.69) is 162 Å². The van der Waals surface area contributed by atoms with Crippen LogP contribution in [0.25, 0.3) is 0 Å². The van der Waals surface area contributed by atoms with E-state index in [-0.39, 0.29) is 6.61 Å². The van der Waals surface area contributed by atoms with E-state index in [0.717, 1.165) is 0 Å². The molecule has 0 aromatic carbocycles. The van der Waals surface area contributed by atoms with E-state index >= 15 is 0 Å². The third-order valence-electron chi connectivity index (χ3n) is 7.55. The van der Waals surface area contributed by atoms with Gasteiger partial charge in [-0.25, -0.2) is 0 Å². The Bertz CT molecular complexity index is 1230. The second-order valence-corrected chi connectivity index (χ2v) is 59.0. The fourth-order valence-corrected chi connectivity index (χ4v) is 13.2. The Kier molecular flexibility index (Phi) is 21.0. The molecule has 1 saturated heterocycles. The first-order valence-corrected chi connectivity index (χ1v) is 48.2. The van der Waals surface area contributed by atoms with Gasteiger partial charge < -0.3 is 49.7 Å². The van der Waals surface area contributed by atoms with Crippen LogP contribution in [0.2, 0.25) is 157 Å². The lowest BCUT2D eigenvalue weighted by molar-refractivity contribution is -0.302. The number of nitrogens with zero attached hydrogens (tertiary/aromatic N) is 1. The second-order valence-electron chi connectivity index (χ2n) is 23.2. The Labute approximate surface area is 358 Å². The molecule has 12 nitrogen and oxygen atoms in total. The van der Waals surface area contributed by atoms with Gasteiger partial charge in [-0.05, 0) is 157 Å². The van der Waals surface area contributed by atoms with Crippen molar-refractivity contribution in [3.63, 3.8) is 0 Å². The van der Waals surface area contributed by atoms with Crippen LogP contribution in [-0.2, 0) is 49.7 Å². The molecule has 0 saturated carbocycles. The van der Waals surface area contributed by atoms with Crippen LogP contribution >= 0.6 is 0 Å². The molecule has 8 atom stereocenters. The molecule has 8 unspecified atom stereocenters. The summed E-state index contributed by atoms with van der Waals surface area (Å²) in [5.41, 5.74) is 0.550. The predicted octanol–water partition coefficient (Wildman–Crippen LogP) is 9.75. The van der Waals surface area contributed by atoms with Crippen molar-refractivity contribution in [2.45, 2.75) is 206 Å². The molecule has 340 valence electrons. The summed E-state index contributed by atoms with van der Waals surface area (Å²) in [5.74, 6) is 0. The largest absolute Gasteiger partial charge is 0.415 e.